The molecule has 28 heavy (non-hydrogen) atoms. The van der Waals surface area contributed by atoms with Crippen LogP contribution in [0.15, 0.2) is 47.2 Å². The number of hydrogen-bond donors (Lipinski definition) is 1. The summed E-state index contributed by atoms with van der Waals surface area (Å²) >= 11 is 1.72. The molecule has 0 unspecified atom stereocenters. The van der Waals surface area contributed by atoms with Gasteiger partial charge in [0.05, 0.1) is 5.54 Å². The Morgan fingerprint density at radius 2 is 1.86 bits per heavy atom. The average Bonchev–Trinajstić information content (AvgIpc) is 3.31. The van der Waals surface area contributed by atoms with Gasteiger partial charge in [-0.1, -0.05) is 30.3 Å². The van der Waals surface area contributed by atoms with Crippen LogP contribution in [0.1, 0.15) is 43.7 Å². The number of carbonyl (C=O) groups is 1. The second-order valence-corrected chi connectivity index (χ2v) is 9.60. The van der Waals surface area contributed by atoms with Crippen LogP contribution in [0.3, 0.4) is 0 Å². The quantitative estimate of drug-likeness (QED) is 0.808. The first-order valence-corrected chi connectivity index (χ1v) is 11.2. The molecule has 0 bridgehead atoms. The van der Waals surface area contributed by atoms with Gasteiger partial charge in [-0.15, -0.1) is 0 Å². The Balaban J connectivity index is 1.47. The number of hydrogen-bond acceptors (Lipinski definition) is 3. The summed E-state index contributed by atoms with van der Waals surface area (Å²) in [5.74, 6) is 0. The van der Waals surface area contributed by atoms with Gasteiger partial charge in [0.15, 0.2) is 0 Å². The molecule has 1 aliphatic heterocycles. The molecule has 1 atom stereocenters. The summed E-state index contributed by atoms with van der Waals surface area (Å²) in [6, 6.07) is 13.4. The minimum absolute atomic E-state index is 0.0625. The predicted octanol–water partition coefficient (Wildman–Crippen LogP) is 4.47. The van der Waals surface area contributed by atoms with Crippen LogP contribution < -0.4 is 5.32 Å². The third kappa shape index (κ3) is 3.46. The molecule has 4 rings (SSSR count). The number of amides is 2. The molecule has 2 aliphatic rings. The molecule has 4 nitrogen and oxygen atoms in total. The molecule has 2 heterocycles. The van der Waals surface area contributed by atoms with Crippen LogP contribution in [0.4, 0.5) is 4.79 Å². The maximum atomic E-state index is 12.8. The lowest BCUT2D eigenvalue weighted by molar-refractivity contribution is 0.0607. The zero-order chi connectivity index (χ0) is 19.8. The fraction of sp³-hybridized carbons (Fsp3) is 0.522. The van der Waals surface area contributed by atoms with E-state index in [1.807, 2.05) is 0 Å². The zero-order valence-electron chi connectivity index (χ0n) is 17.1. The van der Waals surface area contributed by atoms with E-state index in [4.69, 9.17) is 0 Å². The SMILES string of the molecule is C[C@@H](Cc1ccsc1)N1CC2(CCC(c3ccccc3)(N(C)C)CC2)NC1=O. The molecule has 0 radical (unpaired) electrons. The Morgan fingerprint density at radius 1 is 1.14 bits per heavy atom. The minimum Gasteiger partial charge on any atom is -0.331 e. The van der Waals surface area contributed by atoms with E-state index in [0.717, 1.165) is 38.6 Å². The van der Waals surface area contributed by atoms with Crippen LogP contribution in [-0.2, 0) is 12.0 Å². The Labute approximate surface area is 172 Å². The highest BCUT2D eigenvalue weighted by Gasteiger charge is 2.50. The van der Waals surface area contributed by atoms with E-state index in [0.29, 0.717) is 0 Å². The lowest BCUT2D eigenvalue weighted by atomic mass is 9.69. The number of carbonyl (C=O) groups excluding carboxylic acids is 1. The van der Waals surface area contributed by atoms with Crippen LogP contribution in [0, 0.1) is 0 Å². The Bertz CT molecular complexity index is 795. The van der Waals surface area contributed by atoms with Gasteiger partial charge in [0.1, 0.15) is 0 Å². The Kier molecular flexibility index (Phi) is 5.23. The largest absolute Gasteiger partial charge is 0.331 e. The highest BCUT2D eigenvalue weighted by molar-refractivity contribution is 7.07. The van der Waals surface area contributed by atoms with E-state index in [-0.39, 0.29) is 23.2 Å². The van der Waals surface area contributed by atoms with Gasteiger partial charge in [-0.05, 0) is 81.1 Å². The van der Waals surface area contributed by atoms with Gasteiger partial charge in [-0.3, -0.25) is 4.90 Å². The van der Waals surface area contributed by atoms with Gasteiger partial charge in [-0.2, -0.15) is 11.3 Å². The first kappa shape index (κ1) is 19.5. The van der Waals surface area contributed by atoms with Crippen molar-refractivity contribution in [3.8, 4) is 0 Å². The number of nitrogens with one attached hydrogen (secondary N) is 1. The summed E-state index contributed by atoms with van der Waals surface area (Å²) in [7, 11) is 4.38. The second-order valence-electron chi connectivity index (χ2n) is 8.82. The summed E-state index contributed by atoms with van der Waals surface area (Å²) in [5.41, 5.74) is 2.70. The molecule has 5 heteroatoms. The van der Waals surface area contributed by atoms with E-state index in [9.17, 15) is 4.79 Å². The van der Waals surface area contributed by atoms with E-state index >= 15 is 0 Å². The van der Waals surface area contributed by atoms with Gasteiger partial charge in [0, 0.05) is 18.1 Å². The molecule has 1 spiro atoms. The first-order chi connectivity index (χ1) is 13.4. The van der Waals surface area contributed by atoms with Gasteiger partial charge in [0.2, 0.25) is 0 Å². The third-order valence-electron chi connectivity index (χ3n) is 6.95. The maximum absolute atomic E-state index is 12.8. The lowest BCUT2D eigenvalue weighted by Crippen LogP contribution is -2.54. The number of urea groups is 1. The molecule has 1 saturated carbocycles. The number of rotatable bonds is 5. The first-order valence-electron chi connectivity index (χ1n) is 10.3. The Hall–Kier alpha value is -1.85. The van der Waals surface area contributed by atoms with Gasteiger partial charge < -0.3 is 10.2 Å². The smallest absolute Gasteiger partial charge is 0.318 e. The summed E-state index contributed by atoms with van der Waals surface area (Å²) < 4.78 is 0. The van der Waals surface area contributed by atoms with Crippen molar-refractivity contribution < 1.29 is 4.79 Å². The zero-order valence-corrected chi connectivity index (χ0v) is 18.0. The van der Waals surface area contributed by atoms with Crippen molar-refractivity contribution in [2.75, 3.05) is 20.6 Å². The van der Waals surface area contributed by atoms with Crippen molar-refractivity contribution in [3.05, 3.63) is 58.3 Å². The molecule has 1 N–H and O–H groups in total. The number of benzene rings is 1. The second kappa shape index (κ2) is 7.53. The summed E-state index contributed by atoms with van der Waals surface area (Å²) in [4.78, 5) is 17.2. The highest BCUT2D eigenvalue weighted by atomic mass is 32.1. The number of nitrogens with zero attached hydrogens (tertiary/aromatic N) is 2. The van der Waals surface area contributed by atoms with E-state index in [2.05, 4.69) is 83.3 Å². The molecule has 1 saturated heterocycles. The topological polar surface area (TPSA) is 35.6 Å². The standard InChI is InChI=1S/C23H31N3OS/c1-18(15-19-9-14-28-16-19)26-17-22(24-21(26)27)10-12-23(13-11-22,25(2)3)20-7-5-4-6-8-20/h4-9,14,16,18H,10-13,15,17H2,1-3H3,(H,24,27)/t18-,22?,23?/m0/s1. The molecule has 1 aromatic carbocycles. The van der Waals surface area contributed by atoms with E-state index in [1.165, 1.54) is 11.1 Å². The monoisotopic (exact) mass is 397 g/mol. The molecule has 1 aromatic heterocycles. The van der Waals surface area contributed by atoms with Crippen molar-refractivity contribution in [2.24, 2.45) is 0 Å². The number of thiophene rings is 1. The van der Waals surface area contributed by atoms with Gasteiger partial charge in [-0.25, -0.2) is 4.79 Å². The summed E-state index contributed by atoms with van der Waals surface area (Å²) in [5, 5.41) is 7.68. The molecular weight excluding hydrogens is 366 g/mol. The summed E-state index contributed by atoms with van der Waals surface area (Å²) in [6.45, 7) is 3.00. The molecular formula is C23H31N3OS. The minimum atomic E-state index is -0.0751. The molecule has 2 fully saturated rings. The van der Waals surface area contributed by atoms with Crippen molar-refractivity contribution in [1.82, 2.24) is 15.1 Å². The van der Waals surface area contributed by atoms with Crippen LogP contribution in [-0.4, -0.2) is 48.1 Å². The maximum Gasteiger partial charge on any atom is 0.318 e. The average molecular weight is 398 g/mol. The lowest BCUT2D eigenvalue weighted by Gasteiger charge is -2.48. The molecule has 2 amide bonds. The molecule has 2 aromatic rings. The van der Waals surface area contributed by atoms with Crippen LogP contribution in [0.25, 0.3) is 0 Å². The third-order valence-corrected chi connectivity index (χ3v) is 7.68. The van der Waals surface area contributed by atoms with Crippen molar-refractivity contribution in [1.29, 1.82) is 0 Å². The van der Waals surface area contributed by atoms with E-state index < -0.39 is 0 Å². The van der Waals surface area contributed by atoms with Crippen molar-refractivity contribution >= 4 is 17.4 Å². The fourth-order valence-electron chi connectivity index (χ4n) is 5.12. The van der Waals surface area contributed by atoms with Crippen LogP contribution in [0.5, 0.6) is 0 Å². The Morgan fingerprint density at radius 3 is 2.46 bits per heavy atom. The molecule has 150 valence electrons. The van der Waals surface area contributed by atoms with Gasteiger partial charge >= 0.3 is 6.03 Å². The van der Waals surface area contributed by atoms with Crippen LogP contribution >= 0.6 is 11.3 Å². The van der Waals surface area contributed by atoms with Gasteiger partial charge in [0.25, 0.3) is 0 Å². The summed E-state index contributed by atoms with van der Waals surface area (Å²) in [6.07, 6.45) is 5.10. The van der Waals surface area contributed by atoms with Crippen molar-refractivity contribution in [3.63, 3.8) is 0 Å². The highest BCUT2D eigenvalue weighted by Crippen LogP contribution is 2.46. The van der Waals surface area contributed by atoms with Crippen molar-refractivity contribution in [2.45, 2.75) is 56.1 Å². The van der Waals surface area contributed by atoms with Crippen LogP contribution in [0.2, 0.25) is 0 Å². The normalized spacial score (nSPS) is 28.7. The predicted molar refractivity (Wildman–Crippen MR) is 116 cm³/mol. The fourth-order valence-corrected chi connectivity index (χ4v) is 5.80. The van der Waals surface area contributed by atoms with E-state index in [1.54, 1.807) is 11.3 Å². The molecule has 1 aliphatic carbocycles.